The minimum absolute atomic E-state index is 3.00. The van der Waals surface area contributed by atoms with Gasteiger partial charge in [0.2, 0.25) is 0 Å². The van der Waals surface area contributed by atoms with E-state index >= 15 is 0 Å². The zero-order valence-electron chi connectivity index (χ0n) is 2.83. The van der Waals surface area contributed by atoms with Crippen LogP contribution in [0.5, 0.6) is 0 Å². The highest BCUT2D eigenvalue weighted by Crippen LogP contribution is 0.864. The molecule has 0 aromatic carbocycles. The van der Waals surface area contributed by atoms with Crippen LogP contribution in [-0.4, -0.2) is 0 Å². The van der Waals surface area contributed by atoms with Crippen LogP contribution in [0, 0.1) is 0 Å². The third-order valence-corrected chi connectivity index (χ3v) is 0. The first kappa shape index (κ1) is 9.77. The predicted octanol–water partition coefficient (Wildman–Crippen LogP) is 1.60. The Morgan fingerprint density at radius 2 is 0.500 bits per heavy atom. The van der Waals surface area contributed by atoms with Gasteiger partial charge in [-0.05, 0) is 0 Å². The Morgan fingerprint density at radius 1 is 0.500 bits per heavy atom. The summed E-state index contributed by atoms with van der Waals surface area (Å²) in [7, 11) is 0. The molecule has 0 saturated carbocycles. The molecule has 24 valence electrons. The molecule has 0 nitrogen and oxygen atoms in total. The summed E-state index contributed by atoms with van der Waals surface area (Å²) in [6.07, 6.45) is 0. The van der Waals surface area contributed by atoms with Crippen molar-refractivity contribution in [1.29, 1.82) is 0 Å². The van der Waals surface area contributed by atoms with Crippen molar-refractivity contribution in [2.45, 2.75) is 0 Å². The lowest BCUT2D eigenvalue weighted by Gasteiger charge is -0.813. The fourth-order valence-electron chi connectivity index (χ4n) is 0. The molecule has 0 aromatic rings. The van der Waals surface area contributed by atoms with Gasteiger partial charge in [-0.3, -0.25) is 0 Å². The minimum atomic E-state index is 3.00. The molecule has 0 rings (SSSR count). The summed E-state index contributed by atoms with van der Waals surface area (Å²) in [6.45, 7) is 12.0. The van der Waals surface area contributed by atoms with Gasteiger partial charge in [-0.2, -0.15) is 0 Å². The maximum atomic E-state index is 3.00. The van der Waals surface area contributed by atoms with Gasteiger partial charge in [0.1, 0.15) is 0 Å². The van der Waals surface area contributed by atoms with Crippen molar-refractivity contribution in [1.82, 2.24) is 0 Å². The Morgan fingerprint density at radius 3 is 0.500 bits per heavy atom. The predicted molar refractivity (Wildman–Crippen MR) is 22.5 cm³/mol. The van der Waals surface area contributed by atoms with Crippen molar-refractivity contribution in [3.63, 3.8) is 0 Å². The molecule has 0 bridgehead atoms. The van der Waals surface area contributed by atoms with Gasteiger partial charge in [0.25, 0.3) is 0 Å². The maximum Gasteiger partial charge on any atom is -0.106 e. The van der Waals surface area contributed by atoms with Gasteiger partial charge in [0.15, 0.2) is 0 Å². The van der Waals surface area contributed by atoms with Crippen molar-refractivity contribution < 1.29 is 0 Å². The Bertz CT molecular complexity index is 2.00. The van der Waals surface area contributed by atoms with Crippen LogP contribution in [0.25, 0.3) is 0 Å². The first-order chi connectivity index (χ1) is 2.00. The van der Waals surface area contributed by atoms with E-state index in [1.54, 1.807) is 0 Å². The average Bonchev–Trinajstić information content (AvgIpc) is 1.50. The highest BCUT2D eigenvalue weighted by atomic mass is 12.7. The summed E-state index contributed by atoms with van der Waals surface area (Å²) in [6, 6.07) is 0. The summed E-state index contributed by atoms with van der Waals surface area (Å²) in [4.78, 5) is 0. The monoisotopic (exact) mass is 56.1 g/mol. The van der Waals surface area contributed by atoms with Crippen molar-refractivity contribution >= 4 is 0 Å². The summed E-state index contributed by atoms with van der Waals surface area (Å²) in [5.41, 5.74) is 0. The number of rotatable bonds is 0. The quantitative estimate of drug-likeness (QED) is 0.370. The lowest BCUT2D eigenvalue weighted by Crippen LogP contribution is -0.552. The van der Waals surface area contributed by atoms with Crippen LogP contribution in [0.4, 0.5) is 0 Å². The van der Waals surface area contributed by atoms with E-state index in [1.807, 2.05) is 0 Å². The third-order valence-electron chi connectivity index (χ3n) is 0. The summed E-state index contributed by atoms with van der Waals surface area (Å²) < 4.78 is 0. The van der Waals surface area contributed by atoms with Crippen LogP contribution in [-0.2, 0) is 0 Å². The first-order valence-electron chi connectivity index (χ1n) is 1.000. The van der Waals surface area contributed by atoms with Gasteiger partial charge in [-0.1, -0.05) is 0 Å². The van der Waals surface area contributed by atoms with Gasteiger partial charge in [0, 0.05) is 0 Å². The van der Waals surface area contributed by atoms with Crippen molar-refractivity contribution in [3.8, 4) is 0 Å². The molecule has 4 heavy (non-hydrogen) atoms. The van der Waals surface area contributed by atoms with Crippen molar-refractivity contribution in [2.24, 2.45) is 0 Å². The van der Waals surface area contributed by atoms with Crippen LogP contribution < -0.4 is 0 Å². The molecule has 0 aliphatic carbocycles. The van der Waals surface area contributed by atoms with Crippen molar-refractivity contribution in [2.75, 3.05) is 0 Å². The Kier molecular flexibility index (Phi) is 49.1. The summed E-state index contributed by atoms with van der Waals surface area (Å²) in [5, 5.41) is 0. The van der Waals surface area contributed by atoms with Crippen LogP contribution in [0.15, 0.2) is 26.3 Å². The largest absolute Gasteiger partial charge is 0.106 e. The molecule has 0 N–H and O–H groups in total. The van der Waals surface area contributed by atoms with E-state index in [1.165, 1.54) is 0 Å². The van der Waals surface area contributed by atoms with Crippen molar-refractivity contribution in [3.05, 3.63) is 26.3 Å². The van der Waals surface area contributed by atoms with Crippen LogP contribution in [0.2, 0.25) is 0 Å². The minimum Gasteiger partial charge on any atom is -0.106 e. The molecule has 0 aromatic heterocycles. The molecule has 0 fully saturated rings. The van der Waals surface area contributed by atoms with E-state index < -0.39 is 0 Å². The normalized spacial score (nSPS) is 2.00. The van der Waals surface area contributed by atoms with Crippen LogP contribution in [0.1, 0.15) is 0 Å². The molecule has 0 heterocycles. The molecule has 0 unspecified atom stereocenters. The van der Waals surface area contributed by atoms with Crippen LogP contribution in [0.3, 0.4) is 0 Å². The highest BCUT2D eigenvalue weighted by Gasteiger charge is 0.603. The molecule has 0 radical (unpaired) electrons. The summed E-state index contributed by atoms with van der Waals surface area (Å²) in [5.74, 6) is 0. The molecular weight excluding hydrogens is 48.0 g/mol. The fourth-order valence-corrected chi connectivity index (χ4v) is 0. The second kappa shape index (κ2) is 20.1. The standard InChI is InChI=1S/2C2H4/c2*1-2/h2*1-2H2. The molecule has 0 aliphatic heterocycles. The zero-order chi connectivity index (χ0) is 4.00. The summed E-state index contributed by atoms with van der Waals surface area (Å²) >= 11 is 0. The Labute approximate surface area is 27.5 Å². The second-order valence-electron chi connectivity index (χ2n) is 0. The fraction of sp³-hybridized carbons (Fsp3) is 0. The second-order valence-corrected chi connectivity index (χ2v) is 0. The first-order valence-corrected chi connectivity index (χ1v) is 1.000. The highest BCUT2D eigenvalue weighted by molar-refractivity contribution is 4.22. The third kappa shape index (κ3) is 1.26. The lowest BCUT2D eigenvalue weighted by atomic mass is 11.3. The smallest absolute Gasteiger partial charge is 0.106 e. The Hall–Kier alpha value is -0.520. The van der Waals surface area contributed by atoms with E-state index in [9.17, 15) is 0 Å². The lowest BCUT2D eigenvalue weighted by molar-refractivity contribution is 2.81. The SMILES string of the molecule is C=C.C=C. The van der Waals surface area contributed by atoms with E-state index in [2.05, 4.69) is 26.3 Å². The van der Waals surface area contributed by atoms with Gasteiger partial charge in [-0.25, -0.2) is 0 Å². The van der Waals surface area contributed by atoms with E-state index in [-0.39, 0.29) is 0 Å². The maximum absolute atomic E-state index is 3.00. The molecule has 0 heteroatoms. The van der Waals surface area contributed by atoms with Gasteiger partial charge >= 0.3 is 0 Å². The topological polar surface area (TPSA) is 0 Å². The average molecular weight is 56.1 g/mol. The molecular formula is C4H8. The molecule has 0 spiro atoms. The van der Waals surface area contributed by atoms with E-state index in [0.29, 0.717) is 0 Å². The molecule has 0 aliphatic rings. The van der Waals surface area contributed by atoms with E-state index in [0.717, 1.165) is 0 Å². The molecule has 0 saturated heterocycles. The van der Waals surface area contributed by atoms with Gasteiger partial charge < -0.3 is 0 Å². The molecule has 0 amide bonds. The molecule has 0 atom stereocenters. The van der Waals surface area contributed by atoms with Gasteiger partial charge in [0.05, 0.1) is 0 Å². The number of hydrogen-bond acceptors (Lipinski definition) is 0. The Balaban J connectivity index is 0. The van der Waals surface area contributed by atoms with E-state index in [4.69, 9.17) is 0 Å². The van der Waals surface area contributed by atoms with Gasteiger partial charge in [-0.15, -0.1) is 26.3 Å². The van der Waals surface area contributed by atoms with Crippen LogP contribution >= 0.6 is 0 Å². The number of hydrogen-bond donors (Lipinski definition) is 0. The zero-order valence-corrected chi connectivity index (χ0v) is 2.83.